The largest absolute Gasteiger partial charge is 0.495 e. The molecule has 1 aromatic rings. The first-order valence-corrected chi connectivity index (χ1v) is 6.81. The van der Waals surface area contributed by atoms with Crippen molar-refractivity contribution >= 4 is 11.6 Å². The summed E-state index contributed by atoms with van der Waals surface area (Å²) in [5.74, 6) is 0.737. The number of rotatable bonds is 5. The van der Waals surface area contributed by atoms with Gasteiger partial charge in [-0.25, -0.2) is 0 Å². The molecular weight excluding hydrogens is 248 g/mol. The fourth-order valence-electron chi connectivity index (χ4n) is 2.47. The van der Waals surface area contributed by atoms with Crippen LogP contribution in [0.25, 0.3) is 0 Å². The monoisotopic (exact) mass is 268 g/mol. The highest BCUT2D eigenvalue weighted by molar-refractivity contribution is 6.32. The van der Waals surface area contributed by atoms with Gasteiger partial charge in [0, 0.05) is 19.1 Å². The summed E-state index contributed by atoms with van der Waals surface area (Å²) in [6.45, 7) is 3.17. The first-order chi connectivity index (χ1) is 8.69. The molecule has 1 atom stereocenters. The van der Waals surface area contributed by atoms with Gasteiger partial charge in [0.15, 0.2) is 0 Å². The third kappa shape index (κ3) is 3.61. The second kappa shape index (κ2) is 6.41. The van der Waals surface area contributed by atoms with E-state index >= 15 is 0 Å². The van der Waals surface area contributed by atoms with E-state index in [9.17, 15) is 0 Å². The molecule has 0 radical (unpaired) electrons. The van der Waals surface area contributed by atoms with Gasteiger partial charge in [0.2, 0.25) is 0 Å². The third-order valence-corrected chi connectivity index (χ3v) is 3.66. The number of nitrogens with zero attached hydrogens (tertiary/aromatic N) is 1. The molecule has 4 heteroatoms. The Labute approximate surface area is 114 Å². The van der Waals surface area contributed by atoms with E-state index in [1.165, 1.54) is 18.4 Å². The zero-order valence-electron chi connectivity index (χ0n) is 11.1. The second-order valence-electron chi connectivity index (χ2n) is 4.96. The number of benzene rings is 1. The quantitative estimate of drug-likeness (QED) is 0.888. The molecule has 100 valence electrons. The van der Waals surface area contributed by atoms with Gasteiger partial charge < -0.3 is 15.0 Å². The van der Waals surface area contributed by atoms with E-state index in [-0.39, 0.29) is 0 Å². The molecule has 1 unspecified atom stereocenters. The van der Waals surface area contributed by atoms with E-state index in [0.717, 1.165) is 25.4 Å². The van der Waals surface area contributed by atoms with Crippen LogP contribution in [0.15, 0.2) is 18.2 Å². The van der Waals surface area contributed by atoms with E-state index in [1.54, 1.807) is 7.11 Å². The molecule has 0 aliphatic carbocycles. The average molecular weight is 269 g/mol. The molecule has 18 heavy (non-hydrogen) atoms. The Morgan fingerprint density at radius 2 is 2.33 bits per heavy atom. The van der Waals surface area contributed by atoms with Crippen molar-refractivity contribution in [2.75, 3.05) is 27.2 Å². The van der Waals surface area contributed by atoms with Crippen molar-refractivity contribution in [1.29, 1.82) is 0 Å². The minimum absolute atomic E-state index is 0.642. The fourth-order valence-corrected chi connectivity index (χ4v) is 2.75. The molecule has 2 rings (SSSR count). The maximum atomic E-state index is 6.13. The number of nitrogens with one attached hydrogen (secondary N) is 1. The zero-order chi connectivity index (χ0) is 13.0. The van der Waals surface area contributed by atoms with Crippen molar-refractivity contribution in [3.05, 3.63) is 28.8 Å². The van der Waals surface area contributed by atoms with Gasteiger partial charge in [-0.15, -0.1) is 0 Å². The Hall–Kier alpha value is -0.770. The molecule has 1 aliphatic heterocycles. The molecule has 0 amide bonds. The van der Waals surface area contributed by atoms with Gasteiger partial charge in [-0.05, 0) is 44.1 Å². The number of likely N-dealkylation sites (N-methyl/N-ethyl adjacent to an activating group) is 1. The normalized spacial score (nSPS) is 19.4. The van der Waals surface area contributed by atoms with E-state index in [1.807, 2.05) is 12.1 Å². The minimum Gasteiger partial charge on any atom is -0.495 e. The first kappa shape index (κ1) is 13.7. The Kier molecular flexibility index (Phi) is 4.87. The predicted octanol–water partition coefficient (Wildman–Crippen LogP) is 2.53. The maximum absolute atomic E-state index is 6.13. The summed E-state index contributed by atoms with van der Waals surface area (Å²) in [5.41, 5.74) is 1.22. The highest BCUT2D eigenvalue weighted by atomic mass is 35.5. The zero-order valence-corrected chi connectivity index (χ0v) is 11.8. The van der Waals surface area contributed by atoms with Gasteiger partial charge in [0.1, 0.15) is 5.75 Å². The molecule has 0 spiro atoms. The fraction of sp³-hybridized carbons (Fsp3) is 0.571. The maximum Gasteiger partial charge on any atom is 0.137 e. The van der Waals surface area contributed by atoms with Crippen LogP contribution in [0.3, 0.4) is 0 Å². The molecule has 1 heterocycles. The lowest BCUT2D eigenvalue weighted by molar-refractivity contribution is 0.293. The van der Waals surface area contributed by atoms with Gasteiger partial charge in [-0.3, -0.25) is 0 Å². The first-order valence-electron chi connectivity index (χ1n) is 6.43. The second-order valence-corrected chi connectivity index (χ2v) is 5.37. The van der Waals surface area contributed by atoms with Crippen LogP contribution in [0.1, 0.15) is 18.4 Å². The highest BCUT2D eigenvalue weighted by Gasteiger charge is 2.16. The molecule has 1 saturated heterocycles. The lowest BCUT2D eigenvalue weighted by Crippen LogP contribution is -2.34. The molecule has 3 nitrogen and oxygen atoms in total. The van der Waals surface area contributed by atoms with Crippen LogP contribution >= 0.6 is 11.6 Å². The number of hydrogen-bond donors (Lipinski definition) is 1. The lowest BCUT2D eigenvalue weighted by Gasteiger charge is -2.21. The van der Waals surface area contributed by atoms with E-state index < -0.39 is 0 Å². The van der Waals surface area contributed by atoms with Crippen LogP contribution in [0.4, 0.5) is 0 Å². The summed E-state index contributed by atoms with van der Waals surface area (Å²) in [7, 11) is 3.79. The van der Waals surface area contributed by atoms with E-state index in [2.05, 4.69) is 23.3 Å². The van der Waals surface area contributed by atoms with Crippen LogP contribution in [0, 0.1) is 0 Å². The molecule has 1 aromatic carbocycles. The Bertz CT molecular complexity index is 391. The summed E-state index contributed by atoms with van der Waals surface area (Å²) in [6, 6.07) is 6.63. The smallest absolute Gasteiger partial charge is 0.137 e. The van der Waals surface area contributed by atoms with Gasteiger partial charge >= 0.3 is 0 Å². The highest BCUT2D eigenvalue weighted by Crippen LogP contribution is 2.25. The van der Waals surface area contributed by atoms with E-state index in [0.29, 0.717) is 11.1 Å². The van der Waals surface area contributed by atoms with Crippen molar-refractivity contribution in [3.63, 3.8) is 0 Å². The predicted molar refractivity (Wildman–Crippen MR) is 75.4 cm³/mol. The van der Waals surface area contributed by atoms with Gasteiger partial charge in [-0.2, -0.15) is 0 Å². The number of ether oxygens (including phenoxy) is 1. The SMILES string of the molecule is COc1ccc(CN(C)CC2CCCN2)cc1Cl. The summed E-state index contributed by atoms with van der Waals surface area (Å²) in [6.07, 6.45) is 2.58. The van der Waals surface area contributed by atoms with Crippen LogP contribution in [-0.4, -0.2) is 38.2 Å². The molecule has 1 aliphatic rings. The van der Waals surface area contributed by atoms with Crippen molar-refractivity contribution in [1.82, 2.24) is 10.2 Å². The van der Waals surface area contributed by atoms with Crippen LogP contribution < -0.4 is 10.1 Å². The van der Waals surface area contributed by atoms with Crippen LogP contribution in [0.5, 0.6) is 5.75 Å². The summed E-state index contributed by atoms with van der Waals surface area (Å²) < 4.78 is 5.16. The Balaban J connectivity index is 1.89. The summed E-state index contributed by atoms with van der Waals surface area (Å²) in [4.78, 5) is 2.33. The lowest BCUT2D eigenvalue weighted by atomic mass is 10.2. The molecule has 0 saturated carbocycles. The molecule has 0 bridgehead atoms. The van der Waals surface area contributed by atoms with Crippen molar-refractivity contribution in [3.8, 4) is 5.75 Å². The summed E-state index contributed by atoms with van der Waals surface area (Å²) >= 11 is 6.13. The minimum atomic E-state index is 0.642. The Morgan fingerprint density at radius 3 is 2.94 bits per heavy atom. The third-order valence-electron chi connectivity index (χ3n) is 3.36. The number of halogens is 1. The van der Waals surface area contributed by atoms with Crippen molar-refractivity contribution in [2.24, 2.45) is 0 Å². The van der Waals surface area contributed by atoms with Crippen LogP contribution in [0.2, 0.25) is 5.02 Å². The van der Waals surface area contributed by atoms with Gasteiger partial charge in [0.05, 0.1) is 12.1 Å². The summed E-state index contributed by atoms with van der Waals surface area (Å²) in [5, 5.41) is 4.20. The number of hydrogen-bond acceptors (Lipinski definition) is 3. The average Bonchev–Trinajstić information content (AvgIpc) is 2.82. The van der Waals surface area contributed by atoms with Crippen LogP contribution in [-0.2, 0) is 6.54 Å². The molecule has 1 fully saturated rings. The van der Waals surface area contributed by atoms with Crippen molar-refractivity contribution in [2.45, 2.75) is 25.4 Å². The van der Waals surface area contributed by atoms with Crippen molar-refractivity contribution < 1.29 is 4.74 Å². The van der Waals surface area contributed by atoms with Gasteiger partial charge in [0.25, 0.3) is 0 Å². The molecular formula is C14H21ClN2O. The molecule has 1 N–H and O–H groups in total. The van der Waals surface area contributed by atoms with E-state index in [4.69, 9.17) is 16.3 Å². The number of methoxy groups -OCH3 is 1. The topological polar surface area (TPSA) is 24.5 Å². The molecule has 0 aromatic heterocycles. The van der Waals surface area contributed by atoms with Gasteiger partial charge in [-0.1, -0.05) is 17.7 Å². The Morgan fingerprint density at radius 1 is 1.50 bits per heavy atom. The standard InChI is InChI=1S/C14H21ClN2O/c1-17(10-12-4-3-7-16-12)9-11-5-6-14(18-2)13(15)8-11/h5-6,8,12,16H,3-4,7,9-10H2,1-2H3.